The molecule has 1 saturated heterocycles. The summed E-state index contributed by atoms with van der Waals surface area (Å²) >= 11 is 0. The maximum absolute atomic E-state index is 13.9. The summed E-state index contributed by atoms with van der Waals surface area (Å²) in [5.74, 6) is -1.37. The number of likely N-dealkylation sites (tertiary alicyclic amines) is 1. The predicted octanol–water partition coefficient (Wildman–Crippen LogP) is 5.93. The van der Waals surface area contributed by atoms with E-state index in [2.05, 4.69) is 0 Å². The smallest absolute Gasteiger partial charge is 0.296 e. The van der Waals surface area contributed by atoms with E-state index < -0.39 is 23.5 Å². The Hall–Kier alpha value is -4.65. The largest absolute Gasteiger partial charge is 0.507 e. The van der Waals surface area contributed by atoms with E-state index in [1.165, 1.54) is 29.4 Å². The molecule has 0 saturated carbocycles. The molecule has 0 radical (unpaired) electrons. The maximum atomic E-state index is 13.9. The SMILES string of the molecule is Cc1cc(/C(O)=C2/C(=O)C(=O)N(Cc3ccco3)C2c2cccc(OCc3ccccc3)c2)ccc1F. The fourth-order valence-electron chi connectivity index (χ4n) is 4.42. The molecule has 1 unspecified atom stereocenters. The van der Waals surface area contributed by atoms with E-state index in [0.29, 0.717) is 29.2 Å². The second-order valence-electron chi connectivity index (χ2n) is 8.82. The fraction of sp³-hybridized carbons (Fsp3) is 0.133. The van der Waals surface area contributed by atoms with Crippen LogP contribution in [0.1, 0.15) is 34.1 Å². The average molecular weight is 498 g/mol. The molecule has 5 rings (SSSR count). The van der Waals surface area contributed by atoms with Gasteiger partial charge in [0.15, 0.2) is 0 Å². The quantitative estimate of drug-likeness (QED) is 0.195. The number of carbonyl (C=O) groups excluding carboxylic acids is 2. The molecule has 37 heavy (non-hydrogen) atoms. The van der Waals surface area contributed by atoms with Crippen LogP contribution in [0.2, 0.25) is 0 Å². The molecule has 0 spiro atoms. The molecule has 1 amide bonds. The topological polar surface area (TPSA) is 80.0 Å². The summed E-state index contributed by atoms with van der Waals surface area (Å²) in [5, 5.41) is 11.2. The van der Waals surface area contributed by atoms with Gasteiger partial charge in [-0.3, -0.25) is 9.59 Å². The molecule has 4 aromatic rings. The summed E-state index contributed by atoms with van der Waals surface area (Å²) in [4.78, 5) is 27.8. The molecule has 2 heterocycles. The lowest BCUT2D eigenvalue weighted by atomic mass is 9.94. The summed E-state index contributed by atoms with van der Waals surface area (Å²) in [5.41, 5.74) is 2.04. The highest BCUT2D eigenvalue weighted by Crippen LogP contribution is 2.41. The molecule has 1 fully saturated rings. The van der Waals surface area contributed by atoms with Gasteiger partial charge in [-0.2, -0.15) is 0 Å². The number of hydrogen-bond donors (Lipinski definition) is 1. The third kappa shape index (κ3) is 4.89. The number of Topliss-reactive ketones (excluding diaryl/α,β-unsaturated/α-hetero) is 1. The Morgan fingerprint density at radius 1 is 1.00 bits per heavy atom. The zero-order chi connectivity index (χ0) is 25.9. The molecule has 1 aromatic heterocycles. The van der Waals surface area contributed by atoms with E-state index in [9.17, 15) is 19.1 Å². The number of aryl methyl sites for hydroxylation is 1. The number of aliphatic hydroxyl groups excluding tert-OH is 1. The van der Waals surface area contributed by atoms with Gasteiger partial charge < -0.3 is 19.2 Å². The summed E-state index contributed by atoms with van der Waals surface area (Å²) in [6.45, 7) is 1.93. The van der Waals surface area contributed by atoms with Crippen LogP contribution in [-0.4, -0.2) is 21.7 Å². The minimum absolute atomic E-state index is 0.0244. The van der Waals surface area contributed by atoms with Gasteiger partial charge in [0, 0.05) is 5.56 Å². The highest BCUT2D eigenvalue weighted by atomic mass is 19.1. The van der Waals surface area contributed by atoms with E-state index >= 15 is 0 Å². The van der Waals surface area contributed by atoms with Gasteiger partial charge in [0.25, 0.3) is 11.7 Å². The zero-order valence-electron chi connectivity index (χ0n) is 20.1. The molecule has 1 aliphatic rings. The van der Waals surface area contributed by atoms with Crippen LogP contribution >= 0.6 is 0 Å². The van der Waals surface area contributed by atoms with Gasteiger partial charge in [-0.25, -0.2) is 4.39 Å². The number of ether oxygens (including phenoxy) is 1. The highest BCUT2D eigenvalue weighted by molar-refractivity contribution is 6.46. The lowest BCUT2D eigenvalue weighted by Crippen LogP contribution is -2.29. The predicted molar refractivity (Wildman–Crippen MR) is 135 cm³/mol. The Morgan fingerprint density at radius 2 is 1.81 bits per heavy atom. The van der Waals surface area contributed by atoms with E-state index in [0.717, 1.165) is 5.56 Å². The first-order valence-electron chi connectivity index (χ1n) is 11.8. The average Bonchev–Trinajstić information content (AvgIpc) is 3.52. The van der Waals surface area contributed by atoms with Crippen LogP contribution < -0.4 is 4.74 Å². The molecule has 186 valence electrons. The van der Waals surface area contributed by atoms with Gasteiger partial charge in [0.05, 0.1) is 24.4 Å². The van der Waals surface area contributed by atoms with Gasteiger partial charge in [0.2, 0.25) is 0 Å². The van der Waals surface area contributed by atoms with Crippen molar-refractivity contribution in [2.75, 3.05) is 0 Å². The molecule has 0 aliphatic carbocycles. The second-order valence-corrected chi connectivity index (χ2v) is 8.82. The normalized spacial score (nSPS) is 16.8. The molecular weight excluding hydrogens is 473 g/mol. The minimum atomic E-state index is -0.907. The van der Waals surface area contributed by atoms with E-state index in [-0.39, 0.29) is 23.4 Å². The van der Waals surface area contributed by atoms with Crippen molar-refractivity contribution in [1.29, 1.82) is 0 Å². The number of ketones is 1. The van der Waals surface area contributed by atoms with Crippen LogP contribution in [0.5, 0.6) is 5.75 Å². The number of nitrogens with zero attached hydrogens (tertiary/aromatic N) is 1. The van der Waals surface area contributed by atoms with Crippen molar-refractivity contribution in [2.24, 2.45) is 0 Å². The van der Waals surface area contributed by atoms with E-state index in [4.69, 9.17) is 9.15 Å². The summed E-state index contributed by atoms with van der Waals surface area (Å²) < 4.78 is 25.3. The first-order chi connectivity index (χ1) is 17.9. The van der Waals surface area contributed by atoms with Crippen LogP contribution in [0.4, 0.5) is 4.39 Å². The number of aliphatic hydroxyl groups is 1. The number of halogens is 1. The third-order valence-electron chi connectivity index (χ3n) is 6.30. The third-order valence-corrected chi connectivity index (χ3v) is 6.30. The molecular formula is C30H24FNO5. The Labute approximate surface area is 213 Å². The molecule has 6 nitrogen and oxygen atoms in total. The second kappa shape index (κ2) is 10.1. The van der Waals surface area contributed by atoms with Crippen LogP contribution in [-0.2, 0) is 22.7 Å². The first kappa shape index (κ1) is 24.1. The van der Waals surface area contributed by atoms with E-state index in [1.807, 2.05) is 30.3 Å². The highest BCUT2D eigenvalue weighted by Gasteiger charge is 2.46. The number of hydrogen-bond acceptors (Lipinski definition) is 5. The fourth-order valence-corrected chi connectivity index (χ4v) is 4.42. The van der Waals surface area contributed by atoms with Crippen molar-refractivity contribution in [3.63, 3.8) is 0 Å². The summed E-state index contributed by atoms with van der Waals surface area (Å²) in [7, 11) is 0. The molecule has 7 heteroatoms. The minimum Gasteiger partial charge on any atom is -0.507 e. The van der Waals surface area contributed by atoms with Gasteiger partial charge in [-0.1, -0.05) is 42.5 Å². The summed E-state index contributed by atoms with van der Waals surface area (Å²) in [6.07, 6.45) is 1.49. The Morgan fingerprint density at radius 3 is 2.54 bits per heavy atom. The van der Waals surface area contributed by atoms with Gasteiger partial charge in [0.1, 0.15) is 29.7 Å². The van der Waals surface area contributed by atoms with Gasteiger partial charge >= 0.3 is 0 Å². The van der Waals surface area contributed by atoms with Crippen molar-refractivity contribution in [1.82, 2.24) is 4.90 Å². The number of carbonyl (C=O) groups is 2. The lowest BCUT2D eigenvalue weighted by Gasteiger charge is -2.25. The molecule has 0 bridgehead atoms. The zero-order valence-corrected chi connectivity index (χ0v) is 20.1. The molecule has 1 atom stereocenters. The molecule has 3 aromatic carbocycles. The van der Waals surface area contributed by atoms with Crippen molar-refractivity contribution in [3.05, 3.63) is 131 Å². The number of rotatable bonds is 7. The van der Waals surface area contributed by atoms with Crippen molar-refractivity contribution in [3.8, 4) is 5.75 Å². The van der Waals surface area contributed by atoms with Crippen LogP contribution in [0, 0.1) is 12.7 Å². The van der Waals surface area contributed by atoms with Crippen LogP contribution in [0.15, 0.2) is 101 Å². The monoisotopic (exact) mass is 497 g/mol. The van der Waals surface area contributed by atoms with Crippen molar-refractivity contribution >= 4 is 17.4 Å². The lowest BCUT2D eigenvalue weighted by molar-refractivity contribution is -0.140. The molecule has 1 N–H and O–H groups in total. The first-order valence-corrected chi connectivity index (χ1v) is 11.8. The van der Waals surface area contributed by atoms with Crippen molar-refractivity contribution < 1.29 is 28.2 Å². The standard InChI is InChI=1S/C30H24FNO5/c1-19-15-22(12-13-25(19)31)28(33)26-27(32(30(35)29(26)34)17-24-11-6-14-36-24)21-9-5-10-23(16-21)37-18-20-7-3-2-4-8-20/h2-16,27,33H,17-18H2,1H3/b28-26-. The van der Waals surface area contributed by atoms with E-state index in [1.54, 1.807) is 43.3 Å². The van der Waals surface area contributed by atoms with Crippen LogP contribution in [0.25, 0.3) is 5.76 Å². The summed E-state index contributed by atoms with van der Waals surface area (Å²) in [6, 6.07) is 23.3. The maximum Gasteiger partial charge on any atom is 0.296 e. The van der Waals surface area contributed by atoms with Gasteiger partial charge in [-0.05, 0) is 66.1 Å². The Kier molecular flexibility index (Phi) is 6.60. The number of benzene rings is 3. The molecule has 1 aliphatic heterocycles. The van der Waals surface area contributed by atoms with Gasteiger partial charge in [-0.15, -0.1) is 0 Å². The van der Waals surface area contributed by atoms with Crippen LogP contribution in [0.3, 0.4) is 0 Å². The number of furan rings is 1. The Balaban J connectivity index is 1.57. The Bertz CT molecular complexity index is 1480. The van der Waals surface area contributed by atoms with Crippen molar-refractivity contribution in [2.45, 2.75) is 26.1 Å². The number of amides is 1.